The first kappa shape index (κ1) is 59.8. The third-order valence-corrected chi connectivity index (χ3v) is 16.5. The van der Waals surface area contributed by atoms with Crippen molar-refractivity contribution in [3.05, 3.63) is 106 Å². The Kier molecular flexibility index (Phi) is 25.5. The molecule has 2 saturated carbocycles. The SMILES string of the molecule is CCCCCCCCCC1CCC(c2c(C(=O)O)cccc2-c2ccc(SC(F)F)c(F)c2F)CC1.CCCCCCCCCCC1CCC(c2c(C(=O)O)cccc2-c2ccc(SC(F)F)c(F)c2F)CC1. The molecular formula is C59H74F8O4S2. The standard InChI is InChI=1S/C30H38F4O2S.C29H36F4O2S/c1-2-3-4-5-6-7-8-9-11-20-14-16-21(17-15-20)26-22(12-10-13-24(26)29(35)36)23-18-19-25(37-30(33)34)28(32)27(23)31;1-2-3-4-5-6-7-8-10-19-13-15-20(16-14-19)25-21(11-9-12-23(25)28(34)35)22-17-18-24(36-29(32)33)27(31)26(22)30/h10,12-13,18-21,30H,2-9,11,14-17H2,1H3,(H,35,36);9,11-12,17-20,29H,2-8,10,13-16H2,1H3,(H,34,35). The van der Waals surface area contributed by atoms with Gasteiger partial charge in [-0.1, -0.05) is 183 Å². The van der Waals surface area contributed by atoms with Gasteiger partial charge in [-0.15, -0.1) is 0 Å². The van der Waals surface area contributed by atoms with Crippen molar-refractivity contribution in [2.45, 2.75) is 208 Å². The second kappa shape index (κ2) is 31.1. The summed E-state index contributed by atoms with van der Waals surface area (Å²) < 4.78 is 110. The highest BCUT2D eigenvalue weighted by Gasteiger charge is 2.32. The van der Waals surface area contributed by atoms with Gasteiger partial charge in [-0.25, -0.2) is 27.2 Å². The van der Waals surface area contributed by atoms with Crippen LogP contribution in [0.2, 0.25) is 0 Å². The molecule has 4 nitrogen and oxygen atoms in total. The first-order chi connectivity index (χ1) is 35.2. The number of rotatable bonds is 27. The molecule has 0 atom stereocenters. The van der Waals surface area contributed by atoms with E-state index in [1.54, 1.807) is 12.1 Å². The summed E-state index contributed by atoms with van der Waals surface area (Å²) in [7, 11) is 0. The number of unbranched alkanes of at least 4 members (excludes halogenated alkanes) is 13. The summed E-state index contributed by atoms with van der Waals surface area (Å²) in [6.45, 7) is 4.44. The van der Waals surface area contributed by atoms with Gasteiger partial charge < -0.3 is 10.2 Å². The summed E-state index contributed by atoms with van der Waals surface area (Å²) in [4.78, 5) is 23.2. The number of hydrogen-bond acceptors (Lipinski definition) is 4. The summed E-state index contributed by atoms with van der Waals surface area (Å²) in [5.41, 5.74) is 1.71. The maximum absolute atomic E-state index is 15.0. The molecule has 0 radical (unpaired) electrons. The van der Waals surface area contributed by atoms with Crippen molar-refractivity contribution >= 4 is 35.5 Å². The van der Waals surface area contributed by atoms with Crippen LogP contribution in [0.4, 0.5) is 35.1 Å². The molecule has 2 N–H and O–H groups in total. The van der Waals surface area contributed by atoms with Gasteiger partial charge in [0.2, 0.25) is 0 Å². The Morgan fingerprint density at radius 3 is 1.10 bits per heavy atom. The predicted molar refractivity (Wildman–Crippen MR) is 280 cm³/mol. The minimum absolute atomic E-state index is 0.0453. The van der Waals surface area contributed by atoms with Gasteiger partial charge in [0.1, 0.15) is 0 Å². The minimum Gasteiger partial charge on any atom is -0.478 e. The first-order valence-corrected chi connectivity index (χ1v) is 28.5. The quantitative estimate of drug-likeness (QED) is 0.0352. The largest absolute Gasteiger partial charge is 0.478 e. The number of aromatic carboxylic acids is 2. The van der Waals surface area contributed by atoms with Gasteiger partial charge >= 0.3 is 11.9 Å². The van der Waals surface area contributed by atoms with Crippen molar-refractivity contribution in [1.29, 1.82) is 0 Å². The van der Waals surface area contributed by atoms with E-state index in [0.29, 0.717) is 34.1 Å². The van der Waals surface area contributed by atoms with E-state index < -0.39 is 56.5 Å². The fraction of sp³-hybridized carbons (Fsp3) is 0.559. The van der Waals surface area contributed by atoms with Gasteiger partial charge in [0, 0.05) is 11.1 Å². The number of hydrogen-bond donors (Lipinski definition) is 2. The van der Waals surface area contributed by atoms with Gasteiger partial charge in [-0.2, -0.15) is 17.6 Å². The van der Waals surface area contributed by atoms with E-state index in [0.717, 1.165) is 63.5 Å². The number of carbonyl (C=O) groups is 2. The highest BCUT2D eigenvalue weighted by Crippen LogP contribution is 2.46. The van der Waals surface area contributed by atoms with Crippen LogP contribution in [0, 0.1) is 35.1 Å². The number of alkyl halides is 4. The summed E-state index contributed by atoms with van der Waals surface area (Å²) in [6, 6.07) is 14.1. The molecule has 73 heavy (non-hydrogen) atoms. The van der Waals surface area contributed by atoms with Crippen LogP contribution in [0.3, 0.4) is 0 Å². The fourth-order valence-corrected chi connectivity index (χ4v) is 12.2. The van der Waals surface area contributed by atoms with Crippen molar-refractivity contribution in [3.63, 3.8) is 0 Å². The lowest BCUT2D eigenvalue weighted by Crippen LogP contribution is -2.17. The molecule has 0 bridgehead atoms. The van der Waals surface area contributed by atoms with Crippen molar-refractivity contribution in [1.82, 2.24) is 0 Å². The van der Waals surface area contributed by atoms with Gasteiger partial charge in [0.15, 0.2) is 23.3 Å². The van der Waals surface area contributed by atoms with E-state index in [2.05, 4.69) is 13.8 Å². The third-order valence-electron chi connectivity index (χ3n) is 15.0. The van der Waals surface area contributed by atoms with Crippen LogP contribution in [-0.4, -0.2) is 33.7 Å². The van der Waals surface area contributed by atoms with Crippen molar-refractivity contribution in [2.75, 3.05) is 0 Å². The predicted octanol–water partition coefficient (Wildman–Crippen LogP) is 20.5. The number of halogens is 8. The Morgan fingerprint density at radius 2 is 0.781 bits per heavy atom. The molecule has 2 aliphatic rings. The molecule has 14 heteroatoms. The van der Waals surface area contributed by atoms with Crippen LogP contribution in [0.15, 0.2) is 70.5 Å². The van der Waals surface area contributed by atoms with Gasteiger partial charge in [-0.05, 0) is 122 Å². The van der Waals surface area contributed by atoms with Gasteiger partial charge in [0.05, 0.1) is 20.9 Å². The number of carboxylic acid groups (broad SMARTS) is 2. The fourth-order valence-electron chi connectivity index (χ4n) is 11.1. The zero-order valence-corrected chi connectivity index (χ0v) is 44.1. The van der Waals surface area contributed by atoms with E-state index in [-0.39, 0.29) is 57.6 Å². The van der Waals surface area contributed by atoms with Crippen molar-refractivity contribution in [3.8, 4) is 22.3 Å². The molecular weight excluding hydrogens is 989 g/mol. The maximum Gasteiger partial charge on any atom is 0.335 e. The second-order valence-corrected chi connectivity index (χ2v) is 22.1. The van der Waals surface area contributed by atoms with E-state index in [1.807, 2.05) is 0 Å². The molecule has 4 aromatic rings. The third kappa shape index (κ3) is 17.8. The smallest absolute Gasteiger partial charge is 0.335 e. The first-order valence-electron chi connectivity index (χ1n) is 26.7. The molecule has 0 spiro atoms. The zero-order valence-electron chi connectivity index (χ0n) is 42.5. The van der Waals surface area contributed by atoms with E-state index >= 15 is 8.78 Å². The second-order valence-electron chi connectivity index (χ2n) is 20.0. The van der Waals surface area contributed by atoms with Crippen LogP contribution in [0.1, 0.15) is 218 Å². The van der Waals surface area contributed by atoms with Crippen molar-refractivity contribution in [2.24, 2.45) is 11.8 Å². The minimum atomic E-state index is -2.87. The van der Waals surface area contributed by atoms with Crippen LogP contribution >= 0.6 is 23.5 Å². The number of thioether (sulfide) groups is 2. The van der Waals surface area contributed by atoms with E-state index in [1.165, 1.54) is 146 Å². The molecule has 0 aliphatic heterocycles. The lowest BCUT2D eigenvalue weighted by molar-refractivity contribution is 0.0683. The maximum atomic E-state index is 15.0. The topological polar surface area (TPSA) is 74.6 Å². The van der Waals surface area contributed by atoms with Crippen LogP contribution < -0.4 is 0 Å². The Bertz CT molecular complexity index is 2350. The average molecular weight is 1060 g/mol. The molecule has 4 aromatic carbocycles. The highest BCUT2D eigenvalue weighted by molar-refractivity contribution is 7.99. The average Bonchev–Trinajstić information content (AvgIpc) is 3.37. The van der Waals surface area contributed by atoms with E-state index in [9.17, 15) is 46.1 Å². The molecule has 402 valence electrons. The monoisotopic (exact) mass is 1060 g/mol. The Hall–Kier alpha value is -4.04. The highest BCUT2D eigenvalue weighted by atomic mass is 32.2. The molecule has 0 unspecified atom stereocenters. The van der Waals surface area contributed by atoms with Crippen LogP contribution in [0.25, 0.3) is 22.3 Å². The molecule has 2 fully saturated rings. The molecule has 0 aromatic heterocycles. The number of carboxylic acids is 2. The Balaban J connectivity index is 0.000000271. The normalized spacial score (nSPS) is 18.0. The van der Waals surface area contributed by atoms with Gasteiger partial charge in [0.25, 0.3) is 11.5 Å². The summed E-state index contributed by atoms with van der Waals surface area (Å²) in [5, 5.41) is 19.7. The summed E-state index contributed by atoms with van der Waals surface area (Å²) in [6.07, 6.45) is 28.7. The van der Waals surface area contributed by atoms with Crippen LogP contribution in [-0.2, 0) is 0 Å². The Labute approximate surface area is 436 Å². The van der Waals surface area contributed by atoms with Crippen molar-refractivity contribution < 1.29 is 54.9 Å². The lowest BCUT2D eigenvalue weighted by Gasteiger charge is -2.31. The lowest BCUT2D eigenvalue weighted by atomic mass is 9.74. The van der Waals surface area contributed by atoms with E-state index in [4.69, 9.17) is 0 Å². The Morgan fingerprint density at radius 1 is 0.452 bits per heavy atom. The number of benzene rings is 4. The molecule has 0 heterocycles. The molecule has 0 amide bonds. The molecule has 6 rings (SSSR count). The summed E-state index contributed by atoms with van der Waals surface area (Å²) >= 11 is -0.0915. The molecule has 2 aliphatic carbocycles. The summed E-state index contributed by atoms with van der Waals surface area (Å²) in [5.74, 6) is -12.0. The van der Waals surface area contributed by atoms with Gasteiger partial charge in [-0.3, -0.25) is 0 Å². The van der Waals surface area contributed by atoms with Crippen LogP contribution in [0.5, 0.6) is 0 Å². The molecule has 0 saturated heterocycles. The zero-order chi connectivity index (χ0) is 52.9.